The third kappa shape index (κ3) is 4.49. The number of amides is 1. The third-order valence-corrected chi connectivity index (χ3v) is 5.87. The summed E-state index contributed by atoms with van der Waals surface area (Å²) in [4.78, 5) is 18.6. The van der Waals surface area contributed by atoms with Crippen LogP contribution in [0, 0.1) is 0 Å². The first-order chi connectivity index (χ1) is 14.8. The van der Waals surface area contributed by atoms with Gasteiger partial charge in [0.05, 0.1) is 25.0 Å². The van der Waals surface area contributed by atoms with Gasteiger partial charge in [-0.3, -0.25) is 4.98 Å². The standard InChI is InChI=1S/C24H28ClN3O3/c1-24(2,3)31-23(29)27-11-9-16(10-12-27)19-15-28(18-7-5-17(25)6-8-18)20-13-26-14-21(30-4)22(19)20/h5-8,13-16H,9-12H2,1-4H3. The minimum atomic E-state index is -0.486. The fraction of sp³-hybridized carbons (Fsp3) is 0.417. The van der Waals surface area contributed by atoms with E-state index in [0.29, 0.717) is 24.0 Å². The molecule has 0 saturated carbocycles. The molecule has 0 bridgehead atoms. The molecule has 4 rings (SSSR count). The summed E-state index contributed by atoms with van der Waals surface area (Å²) in [6.07, 6.45) is 7.29. The van der Waals surface area contributed by atoms with Crippen LogP contribution >= 0.6 is 11.6 Å². The maximum absolute atomic E-state index is 12.4. The van der Waals surface area contributed by atoms with Gasteiger partial charge in [0.15, 0.2) is 0 Å². The Kier molecular flexibility index (Phi) is 5.84. The molecule has 31 heavy (non-hydrogen) atoms. The molecule has 0 aliphatic carbocycles. The van der Waals surface area contributed by atoms with Crippen molar-refractivity contribution in [3.63, 3.8) is 0 Å². The molecule has 7 heteroatoms. The Bertz CT molecular complexity index is 1080. The summed E-state index contributed by atoms with van der Waals surface area (Å²) in [5, 5.41) is 1.77. The number of piperidine rings is 1. The topological polar surface area (TPSA) is 56.6 Å². The second-order valence-electron chi connectivity index (χ2n) is 8.91. The van der Waals surface area contributed by atoms with Crippen LogP contribution in [0.1, 0.15) is 45.1 Å². The summed E-state index contributed by atoms with van der Waals surface area (Å²) < 4.78 is 13.3. The van der Waals surface area contributed by atoms with E-state index in [1.165, 1.54) is 5.56 Å². The van der Waals surface area contributed by atoms with Gasteiger partial charge in [0.1, 0.15) is 11.4 Å². The average molecular weight is 442 g/mol. The predicted molar refractivity (Wildman–Crippen MR) is 122 cm³/mol. The molecule has 3 heterocycles. The summed E-state index contributed by atoms with van der Waals surface area (Å²) in [7, 11) is 1.67. The molecule has 0 radical (unpaired) electrons. The number of pyridine rings is 1. The van der Waals surface area contributed by atoms with E-state index in [0.717, 1.165) is 35.2 Å². The normalized spacial score (nSPS) is 15.3. The van der Waals surface area contributed by atoms with E-state index in [9.17, 15) is 4.79 Å². The number of ether oxygens (including phenoxy) is 2. The maximum Gasteiger partial charge on any atom is 0.410 e. The van der Waals surface area contributed by atoms with Gasteiger partial charge in [-0.15, -0.1) is 0 Å². The van der Waals surface area contributed by atoms with Gasteiger partial charge < -0.3 is 18.9 Å². The molecule has 164 valence electrons. The van der Waals surface area contributed by atoms with Crippen LogP contribution in [0.5, 0.6) is 5.75 Å². The van der Waals surface area contributed by atoms with Gasteiger partial charge in [-0.25, -0.2) is 4.79 Å². The zero-order chi connectivity index (χ0) is 22.2. The van der Waals surface area contributed by atoms with Crippen LogP contribution in [-0.2, 0) is 4.74 Å². The SMILES string of the molecule is COc1cncc2c1c(C1CCN(C(=O)OC(C)(C)C)CC1)cn2-c1ccc(Cl)cc1. The molecular formula is C24H28ClN3O3. The van der Waals surface area contributed by atoms with Crippen LogP contribution < -0.4 is 4.74 Å². The van der Waals surface area contributed by atoms with Crippen molar-refractivity contribution in [1.29, 1.82) is 0 Å². The van der Waals surface area contributed by atoms with Crippen molar-refractivity contribution in [3.8, 4) is 11.4 Å². The molecule has 1 aromatic carbocycles. The van der Waals surface area contributed by atoms with Crippen LogP contribution in [0.2, 0.25) is 5.02 Å². The van der Waals surface area contributed by atoms with E-state index >= 15 is 0 Å². The van der Waals surface area contributed by atoms with Crippen LogP contribution in [0.3, 0.4) is 0 Å². The highest BCUT2D eigenvalue weighted by molar-refractivity contribution is 6.30. The van der Waals surface area contributed by atoms with Gasteiger partial charge in [0.25, 0.3) is 0 Å². The highest BCUT2D eigenvalue weighted by atomic mass is 35.5. The van der Waals surface area contributed by atoms with Gasteiger partial charge in [-0.2, -0.15) is 0 Å². The molecule has 3 aromatic rings. The number of carbonyl (C=O) groups is 1. The Balaban J connectivity index is 1.65. The molecule has 0 atom stereocenters. The van der Waals surface area contributed by atoms with Crippen molar-refractivity contribution in [2.45, 2.75) is 45.1 Å². The first kappa shape index (κ1) is 21.5. The summed E-state index contributed by atoms with van der Waals surface area (Å²) >= 11 is 6.09. The number of likely N-dealkylation sites (tertiary alicyclic amines) is 1. The molecule has 0 N–H and O–H groups in total. The van der Waals surface area contributed by atoms with Crippen LogP contribution in [0.15, 0.2) is 42.9 Å². The van der Waals surface area contributed by atoms with E-state index in [2.05, 4.69) is 15.7 Å². The highest BCUT2D eigenvalue weighted by Gasteiger charge is 2.30. The minimum Gasteiger partial charge on any atom is -0.494 e. The fourth-order valence-corrected chi connectivity index (χ4v) is 4.28. The van der Waals surface area contributed by atoms with Gasteiger partial charge in [-0.05, 0) is 69.4 Å². The second kappa shape index (κ2) is 8.42. The van der Waals surface area contributed by atoms with Gasteiger partial charge in [-0.1, -0.05) is 11.6 Å². The highest BCUT2D eigenvalue weighted by Crippen LogP contribution is 2.39. The Morgan fingerprint density at radius 2 is 1.81 bits per heavy atom. The number of halogens is 1. The third-order valence-electron chi connectivity index (χ3n) is 5.62. The van der Waals surface area contributed by atoms with Crippen LogP contribution in [-0.4, -0.2) is 46.3 Å². The zero-order valence-corrected chi connectivity index (χ0v) is 19.1. The molecule has 2 aromatic heterocycles. The zero-order valence-electron chi connectivity index (χ0n) is 18.4. The minimum absolute atomic E-state index is 0.240. The molecule has 1 fully saturated rings. The molecular weight excluding hydrogens is 414 g/mol. The number of benzene rings is 1. The lowest BCUT2D eigenvalue weighted by Crippen LogP contribution is -2.41. The lowest BCUT2D eigenvalue weighted by molar-refractivity contribution is 0.0205. The van der Waals surface area contributed by atoms with Crippen LogP contribution in [0.4, 0.5) is 4.79 Å². The number of hydrogen-bond acceptors (Lipinski definition) is 4. The van der Waals surface area contributed by atoms with Crippen molar-refractivity contribution >= 4 is 28.6 Å². The van der Waals surface area contributed by atoms with E-state index < -0.39 is 5.60 Å². The Morgan fingerprint density at radius 1 is 1.13 bits per heavy atom. The summed E-state index contributed by atoms with van der Waals surface area (Å²) in [5.74, 6) is 1.07. The smallest absolute Gasteiger partial charge is 0.410 e. The summed E-state index contributed by atoms with van der Waals surface area (Å²) in [5.41, 5.74) is 2.74. The molecule has 0 unspecified atom stereocenters. The lowest BCUT2D eigenvalue weighted by Gasteiger charge is -2.33. The second-order valence-corrected chi connectivity index (χ2v) is 9.34. The van der Waals surface area contributed by atoms with E-state index in [-0.39, 0.29) is 6.09 Å². The Hall–Kier alpha value is -2.73. The van der Waals surface area contributed by atoms with Gasteiger partial charge >= 0.3 is 6.09 Å². The monoisotopic (exact) mass is 441 g/mol. The van der Waals surface area contributed by atoms with E-state index in [4.69, 9.17) is 21.1 Å². The summed E-state index contributed by atoms with van der Waals surface area (Å²) in [6, 6.07) is 7.76. The number of fused-ring (bicyclic) bond motifs is 1. The lowest BCUT2D eigenvalue weighted by atomic mass is 9.89. The first-order valence-electron chi connectivity index (χ1n) is 10.5. The number of nitrogens with zero attached hydrogens (tertiary/aromatic N) is 3. The molecule has 1 amide bonds. The molecule has 1 aliphatic rings. The number of methoxy groups -OCH3 is 1. The largest absolute Gasteiger partial charge is 0.494 e. The van der Waals surface area contributed by atoms with E-state index in [1.54, 1.807) is 18.2 Å². The fourth-order valence-electron chi connectivity index (χ4n) is 4.16. The van der Waals surface area contributed by atoms with Crippen molar-refractivity contribution in [2.24, 2.45) is 0 Å². The van der Waals surface area contributed by atoms with Crippen molar-refractivity contribution in [3.05, 3.63) is 53.4 Å². The predicted octanol–water partition coefficient (Wildman–Crippen LogP) is 5.80. The van der Waals surface area contributed by atoms with Crippen molar-refractivity contribution < 1.29 is 14.3 Å². The van der Waals surface area contributed by atoms with Crippen molar-refractivity contribution in [2.75, 3.05) is 20.2 Å². The Labute approximate surface area is 187 Å². The van der Waals surface area contributed by atoms with Gasteiger partial charge in [0.2, 0.25) is 0 Å². The molecule has 6 nitrogen and oxygen atoms in total. The Morgan fingerprint density at radius 3 is 2.42 bits per heavy atom. The van der Waals surface area contributed by atoms with Crippen LogP contribution in [0.25, 0.3) is 16.6 Å². The number of carbonyl (C=O) groups excluding carboxylic acids is 1. The average Bonchev–Trinajstić information content (AvgIpc) is 3.13. The molecule has 1 saturated heterocycles. The number of aromatic nitrogens is 2. The summed E-state index contributed by atoms with van der Waals surface area (Å²) in [6.45, 7) is 7.01. The maximum atomic E-state index is 12.4. The number of hydrogen-bond donors (Lipinski definition) is 0. The quantitative estimate of drug-likeness (QED) is 0.515. The number of rotatable bonds is 3. The van der Waals surface area contributed by atoms with Crippen molar-refractivity contribution in [1.82, 2.24) is 14.5 Å². The van der Waals surface area contributed by atoms with Gasteiger partial charge in [0, 0.05) is 35.4 Å². The first-order valence-corrected chi connectivity index (χ1v) is 10.9. The van der Waals surface area contributed by atoms with E-state index in [1.807, 2.05) is 51.2 Å². The molecule has 1 aliphatic heterocycles. The molecule has 0 spiro atoms.